The average Bonchev–Trinajstić information content (AvgIpc) is 3.03. The van der Waals surface area contributed by atoms with E-state index in [1.165, 1.54) is 21.7 Å². The number of nitrogens with zero attached hydrogens (tertiary/aromatic N) is 3. The van der Waals surface area contributed by atoms with E-state index in [0.717, 1.165) is 6.07 Å². The Morgan fingerprint density at radius 3 is 2.71 bits per heavy atom. The van der Waals surface area contributed by atoms with Crippen LogP contribution in [0.5, 0.6) is 0 Å². The van der Waals surface area contributed by atoms with Crippen molar-refractivity contribution in [3.05, 3.63) is 34.4 Å². The van der Waals surface area contributed by atoms with Crippen LogP contribution in [-0.2, 0) is 15.3 Å². The van der Waals surface area contributed by atoms with Crippen LogP contribution in [-0.4, -0.2) is 40.0 Å². The fraction of sp³-hybridized carbons (Fsp3) is 0.429. The normalized spacial score (nSPS) is 22.2. The number of alkyl halides is 3. The first-order valence-corrected chi connectivity index (χ1v) is 7.78. The predicted octanol–water partition coefficient (Wildman–Crippen LogP) is 3.22. The second-order valence-corrected chi connectivity index (χ2v) is 6.41. The number of halogens is 5. The number of carbonyl (C=O) groups is 1. The summed E-state index contributed by atoms with van der Waals surface area (Å²) >= 11 is 3.03. The van der Waals surface area contributed by atoms with Crippen LogP contribution in [0.2, 0.25) is 0 Å². The molecule has 10 heteroatoms. The minimum absolute atomic E-state index is 0.123. The van der Waals surface area contributed by atoms with Crippen molar-refractivity contribution < 1.29 is 27.1 Å². The van der Waals surface area contributed by atoms with E-state index >= 15 is 0 Å². The predicted molar refractivity (Wildman–Crippen MR) is 78.5 cm³/mol. The Morgan fingerprint density at radius 1 is 1.42 bits per heavy atom. The van der Waals surface area contributed by atoms with Crippen LogP contribution in [0.3, 0.4) is 0 Å². The molecule has 1 saturated heterocycles. The number of imidazole rings is 1. The zero-order valence-corrected chi connectivity index (χ0v) is 14.0. The Morgan fingerprint density at radius 2 is 2.12 bits per heavy atom. The molecule has 0 aromatic carbocycles. The number of rotatable bonds is 2. The van der Waals surface area contributed by atoms with E-state index in [0.29, 0.717) is 13.0 Å². The molecule has 1 unspecified atom stereocenters. The summed E-state index contributed by atoms with van der Waals surface area (Å²) in [5.74, 6) is -2.83. The number of hydrogen-bond acceptors (Lipinski definition) is 4. The maximum atomic E-state index is 13.6. The van der Waals surface area contributed by atoms with E-state index in [9.17, 15) is 22.4 Å². The molecule has 0 aliphatic carbocycles. The number of carbonyl (C=O) groups excluding carboxylic acids is 1. The van der Waals surface area contributed by atoms with Crippen molar-refractivity contribution in [1.29, 1.82) is 0 Å². The second-order valence-electron chi connectivity index (χ2n) is 5.56. The molecule has 3 rings (SSSR count). The lowest BCUT2D eigenvalue weighted by molar-refractivity contribution is -0.228. The molecule has 3 heterocycles. The van der Waals surface area contributed by atoms with Gasteiger partial charge in [0, 0.05) is 31.4 Å². The fourth-order valence-corrected chi connectivity index (χ4v) is 3.15. The number of pyridine rings is 1. The van der Waals surface area contributed by atoms with Gasteiger partial charge in [-0.15, -0.1) is 0 Å². The maximum Gasteiger partial charge on any atom is 0.491 e. The molecule has 0 radical (unpaired) electrons. The van der Waals surface area contributed by atoms with Gasteiger partial charge in [0.1, 0.15) is 17.2 Å². The molecule has 0 amide bonds. The molecule has 0 N–H and O–H groups in total. The minimum atomic E-state index is -5.11. The first-order valence-electron chi connectivity index (χ1n) is 6.99. The second kappa shape index (κ2) is 5.69. The van der Waals surface area contributed by atoms with Gasteiger partial charge < -0.3 is 9.14 Å². The zero-order valence-electron chi connectivity index (χ0n) is 12.4. The summed E-state index contributed by atoms with van der Waals surface area (Å²) < 4.78 is 58.1. The van der Waals surface area contributed by atoms with Gasteiger partial charge in [-0.25, -0.2) is 14.2 Å². The third kappa shape index (κ3) is 2.77. The van der Waals surface area contributed by atoms with Gasteiger partial charge in [0.25, 0.3) is 0 Å². The summed E-state index contributed by atoms with van der Waals surface area (Å²) in [5, 5.41) is 0. The molecule has 0 spiro atoms. The largest absolute Gasteiger partial charge is 0.491 e. The Labute approximate surface area is 142 Å². The van der Waals surface area contributed by atoms with Crippen LogP contribution in [0, 0.1) is 5.82 Å². The highest BCUT2D eigenvalue weighted by atomic mass is 79.9. The van der Waals surface area contributed by atoms with Gasteiger partial charge in [0.2, 0.25) is 5.72 Å². The summed E-state index contributed by atoms with van der Waals surface area (Å²) in [5.41, 5.74) is -1.30. The third-order valence-corrected chi connectivity index (χ3v) is 4.60. The van der Waals surface area contributed by atoms with Gasteiger partial charge in [-0.3, -0.25) is 4.90 Å². The maximum absolute atomic E-state index is 13.6. The van der Waals surface area contributed by atoms with Gasteiger partial charge >= 0.3 is 12.1 Å². The number of aromatic nitrogens is 2. The molecule has 0 bridgehead atoms. The Bertz CT molecular complexity index is 768. The topological polar surface area (TPSA) is 46.8 Å². The number of ether oxygens (including phenoxy) is 1. The molecular formula is C14H12BrF4N3O2. The van der Waals surface area contributed by atoms with E-state index in [1.807, 2.05) is 0 Å². The molecule has 1 aliphatic rings. The van der Waals surface area contributed by atoms with Gasteiger partial charge in [-0.05, 0) is 29.4 Å². The summed E-state index contributed by atoms with van der Waals surface area (Å²) in [4.78, 5) is 17.1. The van der Waals surface area contributed by atoms with Crippen molar-refractivity contribution >= 4 is 27.5 Å². The summed E-state index contributed by atoms with van der Waals surface area (Å²) in [7, 11) is 1.55. The fourth-order valence-electron chi connectivity index (χ4n) is 2.82. The highest BCUT2D eigenvalue weighted by molar-refractivity contribution is 9.10. The molecule has 0 saturated carbocycles. The van der Waals surface area contributed by atoms with Crippen LogP contribution >= 0.6 is 15.9 Å². The molecule has 130 valence electrons. The summed E-state index contributed by atoms with van der Waals surface area (Å²) in [6, 6.07) is 1.14. The van der Waals surface area contributed by atoms with Crippen molar-refractivity contribution in [2.24, 2.45) is 0 Å². The molecular weight excluding hydrogens is 398 g/mol. The number of fused-ring (bicyclic) bond motifs is 1. The highest BCUT2D eigenvalue weighted by Gasteiger charge is 2.52. The van der Waals surface area contributed by atoms with E-state index < -0.39 is 23.7 Å². The van der Waals surface area contributed by atoms with Gasteiger partial charge in [0.05, 0.1) is 4.47 Å². The Balaban J connectivity index is 2.08. The zero-order chi connectivity index (χ0) is 17.7. The summed E-state index contributed by atoms with van der Waals surface area (Å²) in [6.07, 6.45) is -1.57. The molecule has 1 aliphatic heterocycles. The molecule has 2 aromatic rings. The van der Waals surface area contributed by atoms with Gasteiger partial charge in [0.15, 0.2) is 0 Å². The van der Waals surface area contributed by atoms with Crippen molar-refractivity contribution in [3.63, 3.8) is 0 Å². The number of likely N-dealkylation sites (tertiary alicyclic amines) is 1. The first kappa shape index (κ1) is 17.2. The average molecular weight is 410 g/mol. The number of hydrogen-bond donors (Lipinski definition) is 0. The molecule has 24 heavy (non-hydrogen) atoms. The van der Waals surface area contributed by atoms with E-state index in [2.05, 4.69) is 20.9 Å². The van der Waals surface area contributed by atoms with Gasteiger partial charge in [-0.2, -0.15) is 13.2 Å². The lowest BCUT2D eigenvalue weighted by atomic mass is 10.1. The van der Waals surface area contributed by atoms with Crippen LogP contribution in [0.15, 0.2) is 22.9 Å². The third-order valence-electron chi connectivity index (χ3n) is 4.02. The SMILES string of the molecule is CN1CCCC1(OC(=O)C(F)(F)F)c1cn2cc(Br)c(F)cc2n1. The Hall–Kier alpha value is -1.68. The number of esters is 1. The minimum Gasteiger partial charge on any atom is -0.431 e. The van der Waals surface area contributed by atoms with Crippen molar-refractivity contribution in [2.75, 3.05) is 13.6 Å². The Kier molecular flexibility index (Phi) is 4.07. The summed E-state index contributed by atoms with van der Waals surface area (Å²) in [6.45, 7) is 0.442. The van der Waals surface area contributed by atoms with Crippen molar-refractivity contribution in [3.8, 4) is 0 Å². The molecule has 2 aromatic heterocycles. The highest BCUT2D eigenvalue weighted by Crippen LogP contribution is 2.40. The standard InChI is InChI=1S/C14H12BrF4N3O2/c1-21-4-2-3-13(21,24-12(23)14(17,18)19)10-7-22-6-8(15)9(16)5-11(22)20-10/h5-7H,2-4H2,1H3. The van der Waals surface area contributed by atoms with E-state index in [1.54, 1.807) is 7.05 Å². The van der Waals surface area contributed by atoms with Crippen molar-refractivity contribution in [2.45, 2.75) is 24.7 Å². The lowest BCUT2D eigenvalue weighted by Crippen LogP contribution is -2.45. The van der Waals surface area contributed by atoms with Crippen LogP contribution < -0.4 is 0 Å². The van der Waals surface area contributed by atoms with Gasteiger partial charge in [-0.1, -0.05) is 0 Å². The first-order chi connectivity index (χ1) is 11.1. The molecule has 1 atom stereocenters. The van der Waals surface area contributed by atoms with Crippen LogP contribution in [0.1, 0.15) is 18.5 Å². The van der Waals surface area contributed by atoms with E-state index in [4.69, 9.17) is 4.74 Å². The van der Waals surface area contributed by atoms with Crippen molar-refractivity contribution in [1.82, 2.24) is 14.3 Å². The molecule has 1 fully saturated rings. The quantitative estimate of drug-likeness (QED) is 0.564. The van der Waals surface area contributed by atoms with Crippen LogP contribution in [0.25, 0.3) is 5.65 Å². The van der Waals surface area contributed by atoms with Crippen LogP contribution in [0.4, 0.5) is 17.6 Å². The smallest absolute Gasteiger partial charge is 0.431 e. The monoisotopic (exact) mass is 409 g/mol. The van der Waals surface area contributed by atoms with E-state index in [-0.39, 0.29) is 22.2 Å². The molecule has 5 nitrogen and oxygen atoms in total. The lowest BCUT2D eigenvalue weighted by Gasteiger charge is -2.34.